The zero-order chi connectivity index (χ0) is 18.7. The summed E-state index contributed by atoms with van der Waals surface area (Å²) >= 11 is 0. The van der Waals surface area contributed by atoms with Crippen molar-refractivity contribution in [3.05, 3.63) is 51.9 Å². The number of hydrogen-bond donors (Lipinski definition) is 2. The fourth-order valence-corrected chi connectivity index (χ4v) is 3.72. The number of ether oxygens (including phenoxy) is 1. The van der Waals surface area contributed by atoms with Gasteiger partial charge in [0, 0.05) is 12.5 Å². The molecule has 7 heteroatoms. The molecule has 1 amide bonds. The van der Waals surface area contributed by atoms with Crippen LogP contribution in [0, 0.1) is 0 Å². The lowest BCUT2D eigenvalue weighted by molar-refractivity contribution is 0.0953. The topological polar surface area (TPSA) is 93.5 Å². The maximum Gasteiger partial charge on any atom is 0.275 e. The standard InChI is InChI=1S/C19H23N3O4/c1-20-18(25)16-17(24)15(23)11-22(21-16)12-19(8-3-4-9-19)13-6-5-7-14(10-13)26-2/h5-7,10-11,23H,3-4,8-9,12H2,1-2H3,(H,20,25). The number of carbonyl (C=O) groups excluding carboxylic acids is 1. The predicted molar refractivity (Wildman–Crippen MR) is 96.7 cm³/mol. The first-order valence-electron chi connectivity index (χ1n) is 8.66. The van der Waals surface area contributed by atoms with Crippen LogP contribution in [-0.4, -0.2) is 35.0 Å². The lowest BCUT2D eigenvalue weighted by Gasteiger charge is -2.30. The molecule has 0 radical (unpaired) electrons. The summed E-state index contributed by atoms with van der Waals surface area (Å²) in [5.41, 5.74) is -0.104. The summed E-state index contributed by atoms with van der Waals surface area (Å²) in [5, 5.41) is 16.5. The molecule has 0 bridgehead atoms. The highest BCUT2D eigenvalue weighted by Crippen LogP contribution is 2.43. The van der Waals surface area contributed by atoms with E-state index in [-0.39, 0.29) is 11.1 Å². The van der Waals surface area contributed by atoms with Crippen molar-refractivity contribution in [3.8, 4) is 11.5 Å². The van der Waals surface area contributed by atoms with Gasteiger partial charge in [0.25, 0.3) is 11.3 Å². The first-order chi connectivity index (χ1) is 12.5. The molecule has 1 aliphatic rings. The number of nitrogens with one attached hydrogen (secondary N) is 1. The van der Waals surface area contributed by atoms with Crippen LogP contribution in [0.15, 0.2) is 35.3 Å². The zero-order valence-electron chi connectivity index (χ0n) is 15.0. The number of amides is 1. The SMILES string of the molecule is CNC(=O)c1nn(CC2(c3cccc(OC)c3)CCCC2)cc(O)c1=O. The number of carbonyl (C=O) groups is 1. The number of aromatic nitrogens is 2. The second-order valence-corrected chi connectivity index (χ2v) is 6.69. The predicted octanol–water partition coefficient (Wildman–Crippen LogP) is 1.83. The molecule has 0 saturated heterocycles. The third-order valence-electron chi connectivity index (χ3n) is 5.10. The number of hydrogen-bond acceptors (Lipinski definition) is 5. The van der Waals surface area contributed by atoms with Crippen molar-refractivity contribution in [2.24, 2.45) is 0 Å². The van der Waals surface area contributed by atoms with Gasteiger partial charge < -0.3 is 15.2 Å². The van der Waals surface area contributed by atoms with Crippen LogP contribution in [0.3, 0.4) is 0 Å². The molecule has 3 rings (SSSR count). The van der Waals surface area contributed by atoms with E-state index in [4.69, 9.17) is 4.74 Å². The van der Waals surface area contributed by atoms with Gasteiger partial charge in [-0.25, -0.2) is 0 Å². The molecule has 1 heterocycles. The van der Waals surface area contributed by atoms with Crippen LogP contribution in [-0.2, 0) is 12.0 Å². The van der Waals surface area contributed by atoms with E-state index in [1.807, 2.05) is 18.2 Å². The summed E-state index contributed by atoms with van der Waals surface area (Å²) in [4.78, 5) is 23.9. The molecule has 2 aromatic rings. The molecule has 138 valence electrons. The van der Waals surface area contributed by atoms with Crippen molar-refractivity contribution in [1.29, 1.82) is 0 Å². The first-order valence-corrected chi connectivity index (χ1v) is 8.66. The summed E-state index contributed by atoms with van der Waals surface area (Å²) in [6, 6.07) is 7.95. The molecule has 0 unspecified atom stereocenters. The molecule has 1 saturated carbocycles. The highest BCUT2D eigenvalue weighted by molar-refractivity contribution is 5.92. The highest BCUT2D eigenvalue weighted by Gasteiger charge is 2.37. The Morgan fingerprint density at radius 1 is 1.38 bits per heavy atom. The fraction of sp³-hybridized carbons (Fsp3) is 0.421. The van der Waals surface area contributed by atoms with E-state index in [0.29, 0.717) is 6.54 Å². The zero-order valence-corrected chi connectivity index (χ0v) is 15.0. The first kappa shape index (κ1) is 18.0. The van der Waals surface area contributed by atoms with Gasteiger partial charge >= 0.3 is 0 Å². The van der Waals surface area contributed by atoms with Gasteiger partial charge in [-0.2, -0.15) is 5.10 Å². The van der Waals surface area contributed by atoms with Crippen molar-refractivity contribution in [2.45, 2.75) is 37.6 Å². The Labute approximate surface area is 151 Å². The summed E-state index contributed by atoms with van der Waals surface area (Å²) in [7, 11) is 3.06. The smallest absolute Gasteiger partial charge is 0.275 e. The monoisotopic (exact) mass is 357 g/mol. The van der Waals surface area contributed by atoms with Gasteiger partial charge in [-0.05, 0) is 30.5 Å². The van der Waals surface area contributed by atoms with E-state index < -0.39 is 17.1 Å². The minimum Gasteiger partial charge on any atom is -0.503 e. The molecule has 1 aliphatic carbocycles. The maximum atomic E-state index is 12.0. The Hall–Kier alpha value is -2.83. The van der Waals surface area contributed by atoms with Crippen molar-refractivity contribution < 1.29 is 14.6 Å². The Bertz CT molecular complexity index is 869. The molecule has 0 spiro atoms. The van der Waals surface area contributed by atoms with E-state index in [1.54, 1.807) is 7.11 Å². The lowest BCUT2D eigenvalue weighted by Crippen LogP contribution is -2.33. The Morgan fingerprint density at radius 2 is 2.12 bits per heavy atom. The normalized spacial score (nSPS) is 15.6. The Morgan fingerprint density at radius 3 is 2.77 bits per heavy atom. The molecule has 1 aromatic carbocycles. The molecule has 0 atom stereocenters. The average molecular weight is 357 g/mol. The maximum absolute atomic E-state index is 12.0. The fourth-order valence-electron chi connectivity index (χ4n) is 3.72. The van der Waals surface area contributed by atoms with Crippen LogP contribution in [0.5, 0.6) is 11.5 Å². The minimum absolute atomic E-state index is 0.178. The van der Waals surface area contributed by atoms with Gasteiger partial charge in [-0.1, -0.05) is 25.0 Å². The summed E-state index contributed by atoms with van der Waals surface area (Å²) < 4.78 is 6.86. The summed E-state index contributed by atoms with van der Waals surface area (Å²) in [5.74, 6) is -0.297. The Kier molecular flexibility index (Phi) is 4.97. The summed E-state index contributed by atoms with van der Waals surface area (Å²) in [6.07, 6.45) is 5.40. The number of aromatic hydroxyl groups is 1. The van der Waals surface area contributed by atoms with Crippen LogP contribution in [0.2, 0.25) is 0 Å². The number of methoxy groups -OCH3 is 1. The van der Waals surface area contributed by atoms with Crippen LogP contribution in [0.4, 0.5) is 0 Å². The molecule has 1 fully saturated rings. The second-order valence-electron chi connectivity index (χ2n) is 6.69. The number of benzene rings is 1. The lowest BCUT2D eigenvalue weighted by atomic mass is 9.78. The average Bonchev–Trinajstić information content (AvgIpc) is 3.13. The largest absolute Gasteiger partial charge is 0.503 e. The van der Waals surface area contributed by atoms with Crippen LogP contribution in [0.25, 0.3) is 0 Å². The molecule has 2 N–H and O–H groups in total. The van der Waals surface area contributed by atoms with Gasteiger partial charge in [0.1, 0.15) is 5.75 Å². The summed E-state index contributed by atoms with van der Waals surface area (Å²) in [6.45, 7) is 0.470. The van der Waals surface area contributed by atoms with Gasteiger partial charge in [-0.15, -0.1) is 0 Å². The van der Waals surface area contributed by atoms with Crippen molar-refractivity contribution in [1.82, 2.24) is 15.1 Å². The highest BCUT2D eigenvalue weighted by atomic mass is 16.5. The van der Waals surface area contributed by atoms with Crippen LogP contribution < -0.4 is 15.5 Å². The van der Waals surface area contributed by atoms with Crippen molar-refractivity contribution in [2.75, 3.05) is 14.2 Å². The van der Waals surface area contributed by atoms with Crippen molar-refractivity contribution >= 4 is 5.91 Å². The van der Waals surface area contributed by atoms with E-state index in [0.717, 1.165) is 37.0 Å². The number of rotatable bonds is 5. The number of nitrogens with zero attached hydrogens (tertiary/aromatic N) is 2. The molecule has 26 heavy (non-hydrogen) atoms. The van der Waals surface area contributed by atoms with E-state index in [9.17, 15) is 14.7 Å². The third-order valence-corrected chi connectivity index (χ3v) is 5.10. The second kappa shape index (κ2) is 7.19. The van der Waals surface area contributed by atoms with E-state index >= 15 is 0 Å². The van der Waals surface area contributed by atoms with Crippen LogP contribution >= 0.6 is 0 Å². The Balaban J connectivity index is 2.02. The quantitative estimate of drug-likeness (QED) is 0.851. The molecule has 1 aromatic heterocycles. The van der Waals surface area contributed by atoms with Gasteiger partial charge in [0.15, 0.2) is 11.4 Å². The molecule has 0 aliphatic heterocycles. The van der Waals surface area contributed by atoms with Gasteiger partial charge in [-0.3, -0.25) is 14.3 Å². The van der Waals surface area contributed by atoms with Crippen molar-refractivity contribution in [3.63, 3.8) is 0 Å². The third kappa shape index (κ3) is 3.29. The molecular formula is C19H23N3O4. The van der Waals surface area contributed by atoms with Gasteiger partial charge in [0.05, 0.1) is 19.9 Å². The minimum atomic E-state index is -0.762. The van der Waals surface area contributed by atoms with E-state index in [2.05, 4.69) is 16.5 Å². The van der Waals surface area contributed by atoms with Crippen LogP contribution in [0.1, 0.15) is 41.7 Å². The van der Waals surface area contributed by atoms with Gasteiger partial charge in [0.2, 0.25) is 0 Å². The molecule has 7 nitrogen and oxygen atoms in total. The van der Waals surface area contributed by atoms with E-state index in [1.165, 1.54) is 17.9 Å². The molecular weight excluding hydrogens is 334 g/mol.